The molecule has 1 aromatic carbocycles. The van der Waals surface area contributed by atoms with Crippen molar-refractivity contribution >= 4 is 57.9 Å². The summed E-state index contributed by atoms with van der Waals surface area (Å²) in [6.07, 6.45) is -0.904. The Balaban J connectivity index is 1.37. The number of anilines is 2. The summed E-state index contributed by atoms with van der Waals surface area (Å²) in [6.45, 7) is 3.45. The van der Waals surface area contributed by atoms with Crippen molar-refractivity contribution in [2.24, 2.45) is 0 Å². The van der Waals surface area contributed by atoms with Crippen LogP contribution in [0.3, 0.4) is 0 Å². The first kappa shape index (κ1) is 20.3. The van der Waals surface area contributed by atoms with E-state index in [2.05, 4.69) is 10.2 Å². The number of benzene rings is 1. The second kappa shape index (κ2) is 8.79. The summed E-state index contributed by atoms with van der Waals surface area (Å²) < 4.78 is 11.3. The topological polar surface area (TPSA) is 71.1 Å². The lowest BCUT2D eigenvalue weighted by molar-refractivity contribution is 0.0920. The zero-order valence-electron chi connectivity index (χ0n) is 15.4. The number of cyclic esters (lactones) is 1. The Bertz CT molecular complexity index is 917. The molecule has 0 bridgehead atoms. The molecule has 0 saturated carbocycles. The van der Waals surface area contributed by atoms with Crippen LogP contribution >= 0.6 is 34.5 Å². The van der Waals surface area contributed by atoms with Crippen LogP contribution in [0.1, 0.15) is 9.67 Å². The van der Waals surface area contributed by atoms with Crippen LogP contribution in [0.25, 0.3) is 0 Å². The predicted octanol–water partition coefficient (Wildman–Crippen LogP) is 3.65. The molecule has 2 aliphatic rings. The molecule has 154 valence electrons. The van der Waals surface area contributed by atoms with Gasteiger partial charge in [0, 0.05) is 18.8 Å². The third kappa shape index (κ3) is 4.61. The first-order valence-corrected chi connectivity index (χ1v) is 10.7. The van der Waals surface area contributed by atoms with Crippen LogP contribution in [0.5, 0.6) is 0 Å². The summed E-state index contributed by atoms with van der Waals surface area (Å²) in [4.78, 5) is 28.6. The molecule has 7 nitrogen and oxygen atoms in total. The first-order chi connectivity index (χ1) is 14.0. The molecule has 0 unspecified atom stereocenters. The van der Waals surface area contributed by atoms with Gasteiger partial charge in [-0.2, -0.15) is 0 Å². The summed E-state index contributed by atoms with van der Waals surface area (Å²) in [7, 11) is 0. The van der Waals surface area contributed by atoms with E-state index in [1.165, 1.54) is 16.2 Å². The number of nitrogens with one attached hydrogen (secondary N) is 1. The number of nitrogens with zero attached hydrogens (tertiary/aromatic N) is 2. The number of halogens is 2. The van der Waals surface area contributed by atoms with Crippen molar-refractivity contribution in [2.45, 2.75) is 6.10 Å². The van der Waals surface area contributed by atoms with Gasteiger partial charge in [0.25, 0.3) is 5.91 Å². The summed E-state index contributed by atoms with van der Waals surface area (Å²) in [5.41, 5.74) is 1.58. The van der Waals surface area contributed by atoms with E-state index >= 15 is 0 Å². The number of ether oxygens (including phenoxy) is 2. The molecule has 1 N–H and O–H groups in total. The van der Waals surface area contributed by atoms with Crippen LogP contribution in [-0.4, -0.2) is 57.5 Å². The fraction of sp³-hybridized carbons (Fsp3) is 0.368. The Kier molecular flexibility index (Phi) is 6.15. The van der Waals surface area contributed by atoms with Crippen LogP contribution in [0.4, 0.5) is 16.2 Å². The van der Waals surface area contributed by atoms with Crippen LogP contribution in [-0.2, 0) is 9.47 Å². The average Bonchev–Trinajstić information content (AvgIpc) is 3.32. The van der Waals surface area contributed by atoms with Crippen molar-refractivity contribution in [3.05, 3.63) is 44.6 Å². The highest BCUT2D eigenvalue weighted by atomic mass is 35.5. The molecule has 3 heterocycles. The minimum absolute atomic E-state index is 0.218. The van der Waals surface area contributed by atoms with Gasteiger partial charge in [0.05, 0.1) is 46.2 Å². The third-order valence-electron chi connectivity index (χ3n) is 4.76. The van der Waals surface area contributed by atoms with E-state index < -0.39 is 12.2 Å². The molecule has 4 rings (SSSR count). The van der Waals surface area contributed by atoms with Gasteiger partial charge in [-0.05, 0) is 30.3 Å². The maximum Gasteiger partial charge on any atom is 0.414 e. The Morgan fingerprint density at radius 2 is 2.00 bits per heavy atom. The fourth-order valence-corrected chi connectivity index (χ4v) is 4.55. The van der Waals surface area contributed by atoms with Crippen LogP contribution in [0.2, 0.25) is 9.36 Å². The van der Waals surface area contributed by atoms with Crippen molar-refractivity contribution in [3.8, 4) is 0 Å². The predicted molar refractivity (Wildman–Crippen MR) is 114 cm³/mol. The molecule has 10 heteroatoms. The van der Waals surface area contributed by atoms with Gasteiger partial charge >= 0.3 is 6.09 Å². The van der Waals surface area contributed by atoms with Gasteiger partial charge < -0.3 is 19.7 Å². The number of hydrogen-bond donors (Lipinski definition) is 1. The Labute approximate surface area is 182 Å². The zero-order chi connectivity index (χ0) is 20.4. The van der Waals surface area contributed by atoms with Gasteiger partial charge in [-0.15, -0.1) is 11.3 Å². The Morgan fingerprint density at radius 3 is 2.69 bits per heavy atom. The molecule has 29 heavy (non-hydrogen) atoms. The monoisotopic (exact) mass is 455 g/mol. The molecule has 0 radical (unpaired) electrons. The van der Waals surface area contributed by atoms with Gasteiger partial charge in [-0.1, -0.05) is 23.2 Å². The smallest absolute Gasteiger partial charge is 0.414 e. The molecule has 2 amide bonds. The summed E-state index contributed by atoms with van der Waals surface area (Å²) in [6, 6.07) is 8.86. The van der Waals surface area contributed by atoms with Crippen molar-refractivity contribution < 1.29 is 19.1 Å². The highest BCUT2D eigenvalue weighted by Crippen LogP contribution is 2.32. The Morgan fingerprint density at radius 1 is 1.21 bits per heavy atom. The van der Waals surface area contributed by atoms with E-state index in [0.717, 1.165) is 18.8 Å². The molecular weight excluding hydrogens is 437 g/mol. The fourth-order valence-electron chi connectivity index (χ4n) is 3.29. The number of carbonyl (C=O) groups is 2. The van der Waals surface area contributed by atoms with Crippen molar-refractivity contribution in [1.29, 1.82) is 0 Å². The molecule has 1 aromatic heterocycles. The van der Waals surface area contributed by atoms with Gasteiger partial charge in [0.15, 0.2) is 0 Å². The lowest BCUT2D eigenvalue weighted by Crippen LogP contribution is -2.36. The van der Waals surface area contributed by atoms with E-state index in [1.54, 1.807) is 18.2 Å². The van der Waals surface area contributed by atoms with E-state index in [9.17, 15) is 9.59 Å². The third-order valence-corrected chi connectivity index (χ3v) is 6.29. The standard InChI is InChI=1S/C19H19Cl2N3O4S/c20-14-9-12(1-2-15(14)23-5-7-27-8-6-23)24-11-13(28-19(24)26)10-22-18(25)16-3-4-17(21)29-16/h1-4,9,13H,5-8,10-11H2,(H,22,25)/t13-/m0/s1. The van der Waals surface area contributed by atoms with Crippen molar-refractivity contribution in [3.63, 3.8) is 0 Å². The molecule has 1 atom stereocenters. The molecule has 0 spiro atoms. The number of rotatable bonds is 5. The normalized spacial score (nSPS) is 19.4. The Hall–Kier alpha value is -2.00. The molecule has 0 aliphatic carbocycles. The number of carbonyl (C=O) groups excluding carboxylic acids is 2. The summed E-state index contributed by atoms with van der Waals surface area (Å²) in [5.74, 6) is -0.241. The van der Waals surface area contributed by atoms with Gasteiger partial charge in [0.2, 0.25) is 0 Å². The van der Waals surface area contributed by atoms with Crippen LogP contribution in [0, 0.1) is 0 Å². The van der Waals surface area contributed by atoms with Crippen molar-refractivity contribution in [2.75, 3.05) is 49.2 Å². The van der Waals surface area contributed by atoms with E-state index in [0.29, 0.717) is 39.7 Å². The van der Waals surface area contributed by atoms with E-state index in [1.807, 2.05) is 12.1 Å². The van der Waals surface area contributed by atoms with E-state index in [4.69, 9.17) is 32.7 Å². The van der Waals surface area contributed by atoms with Gasteiger partial charge in [-0.3, -0.25) is 9.69 Å². The highest BCUT2D eigenvalue weighted by molar-refractivity contribution is 7.18. The second-order valence-corrected chi connectivity index (χ2v) is 8.79. The highest BCUT2D eigenvalue weighted by Gasteiger charge is 2.33. The lowest BCUT2D eigenvalue weighted by Gasteiger charge is -2.30. The molecule has 2 fully saturated rings. The number of morpholine rings is 1. The van der Waals surface area contributed by atoms with Crippen LogP contribution in [0.15, 0.2) is 30.3 Å². The first-order valence-electron chi connectivity index (χ1n) is 9.15. The minimum Gasteiger partial charge on any atom is -0.442 e. The maximum absolute atomic E-state index is 12.3. The largest absolute Gasteiger partial charge is 0.442 e. The van der Waals surface area contributed by atoms with Crippen molar-refractivity contribution in [1.82, 2.24) is 5.32 Å². The molecule has 2 aliphatic heterocycles. The van der Waals surface area contributed by atoms with Gasteiger partial charge in [0.1, 0.15) is 6.10 Å². The van der Waals surface area contributed by atoms with Gasteiger partial charge in [-0.25, -0.2) is 4.79 Å². The molecule has 2 saturated heterocycles. The number of amides is 2. The minimum atomic E-state index is -0.460. The molecular formula is C19H19Cl2N3O4S. The lowest BCUT2D eigenvalue weighted by atomic mass is 10.2. The SMILES string of the molecule is O=C(NC[C@H]1CN(c2ccc(N3CCOCC3)c(Cl)c2)C(=O)O1)c1ccc(Cl)s1. The number of hydrogen-bond acceptors (Lipinski definition) is 6. The quantitative estimate of drug-likeness (QED) is 0.744. The maximum atomic E-state index is 12.3. The summed E-state index contributed by atoms with van der Waals surface area (Å²) in [5, 5.41) is 3.35. The number of thiophene rings is 1. The van der Waals surface area contributed by atoms with Crippen LogP contribution < -0.4 is 15.1 Å². The average molecular weight is 456 g/mol. The molecule has 2 aromatic rings. The zero-order valence-corrected chi connectivity index (χ0v) is 17.7. The summed E-state index contributed by atoms with van der Waals surface area (Å²) >= 11 is 13.5. The second-order valence-electron chi connectivity index (χ2n) is 6.67. The van der Waals surface area contributed by atoms with E-state index in [-0.39, 0.29) is 12.5 Å².